The second kappa shape index (κ2) is 5.87. The van der Waals surface area contributed by atoms with Gasteiger partial charge in [0.15, 0.2) is 5.54 Å². The van der Waals surface area contributed by atoms with Crippen LogP contribution in [-0.2, 0) is 9.53 Å². The lowest BCUT2D eigenvalue weighted by Gasteiger charge is -2.27. The fourth-order valence-electron chi connectivity index (χ4n) is 0.851. The van der Waals surface area contributed by atoms with E-state index < -0.39 is 17.9 Å². The zero-order valence-corrected chi connectivity index (χ0v) is 8.35. The Balaban J connectivity index is 4.45. The van der Waals surface area contributed by atoms with E-state index in [1.807, 2.05) is 0 Å². The standard InChI is InChI=1S/C8H16F2N2O2/c1-3-14-7(13)8(2,6(9)10)12-5-4-11/h6,12H,3-5,11H2,1-2H3. The monoisotopic (exact) mass is 210 g/mol. The largest absolute Gasteiger partial charge is 0.464 e. The Labute approximate surface area is 81.8 Å². The minimum Gasteiger partial charge on any atom is -0.464 e. The summed E-state index contributed by atoms with van der Waals surface area (Å²) in [6.07, 6.45) is -2.83. The van der Waals surface area contributed by atoms with Gasteiger partial charge in [-0.05, 0) is 13.8 Å². The molecule has 1 unspecified atom stereocenters. The van der Waals surface area contributed by atoms with Crippen LogP contribution in [0.5, 0.6) is 0 Å². The number of alkyl halides is 2. The van der Waals surface area contributed by atoms with Crippen molar-refractivity contribution in [3.63, 3.8) is 0 Å². The zero-order chi connectivity index (χ0) is 11.2. The molecule has 0 aromatic heterocycles. The number of hydrogen-bond acceptors (Lipinski definition) is 4. The van der Waals surface area contributed by atoms with Crippen molar-refractivity contribution in [3.8, 4) is 0 Å². The van der Waals surface area contributed by atoms with Crippen molar-refractivity contribution in [2.45, 2.75) is 25.8 Å². The molecule has 0 heterocycles. The van der Waals surface area contributed by atoms with E-state index in [0.29, 0.717) is 0 Å². The Hall–Kier alpha value is -0.750. The Kier molecular flexibility index (Phi) is 5.56. The number of halogens is 2. The Morgan fingerprint density at radius 2 is 2.21 bits per heavy atom. The Bertz CT molecular complexity index is 190. The third kappa shape index (κ3) is 3.19. The lowest BCUT2D eigenvalue weighted by molar-refractivity contribution is -0.157. The number of carbonyl (C=O) groups excluding carboxylic acids is 1. The van der Waals surface area contributed by atoms with Crippen LogP contribution in [0.15, 0.2) is 0 Å². The molecule has 0 saturated heterocycles. The van der Waals surface area contributed by atoms with Crippen LogP contribution in [0.4, 0.5) is 8.78 Å². The number of esters is 1. The summed E-state index contributed by atoms with van der Waals surface area (Å²) >= 11 is 0. The highest BCUT2D eigenvalue weighted by atomic mass is 19.3. The van der Waals surface area contributed by atoms with Gasteiger partial charge < -0.3 is 10.5 Å². The van der Waals surface area contributed by atoms with Gasteiger partial charge in [0, 0.05) is 13.1 Å². The van der Waals surface area contributed by atoms with Crippen molar-refractivity contribution >= 4 is 5.97 Å². The van der Waals surface area contributed by atoms with Gasteiger partial charge in [-0.1, -0.05) is 0 Å². The number of rotatable bonds is 6. The van der Waals surface area contributed by atoms with Crippen LogP contribution in [0.3, 0.4) is 0 Å². The van der Waals surface area contributed by atoms with Crippen LogP contribution in [0, 0.1) is 0 Å². The number of nitrogens with one attached hydrogen (secondary N) is 1. The van der Waals surface area contributed by atoms with E-state index in [4.69, 9.17) is 5.73 Å². The van der Waals surface area contributed by atoms with Crippen LogP contribution >= 0.6 is 0 Å². The maximum absolute atomic E-state index is 12.6. The van der Waals surface area contributed by atoms with Gasteiger partial charge in [-0.15, -0.1) is 0 Å². The molecule has 0 bridgehead atoms. The Morgan fingerprint density at radius 3 is 2.57 bits per heavy atom. The molecule has 0 rings (SSSR count). The highest BCUT2D eigenvalue weighted by Crippen LogP contribution is 2.16. The smallest absolute Gasteiger partial charge is 0.332 e. The van der Waals surface area contributed by atoms with Crippen LogP contribution in [0.2, 0.25) is 0 Å². The van der Waals surface area contributed by atoms with Crippen LogP contribution < -0.4 is 11.1 Å². The maximum atomic E-state index is 12.6. The van der Waals surface area contributed by atoms with E-state index in [9.17, 15) is 13.6 Å². The molecule has 6 heteroatoms. The summed E-state index contributed by atoms with van der Waals surface area (Å²) in [6.45, 7) is 3.06. The lowest BCUT2D eigenvalue weighted by Crippen LogP contribution is -2.57. The number of hydrogen-bond donors (Lipinski definition) is 2. The van der Waals surface area contributed by atoms with E-state index in [1.165, 1.54) is 0 Å². The summed E-state index contributed by atoms with van der Waals surface area (Å²) in [6, 6.07) is 0. The van der Waals surface area contributed by atoms with Crippen LogP contribution in [0.25, 0.3) is 0 Å². The summed E-state index contributed by atoms with van der Waals surface area (Å²) in [7, 11) is 0. The second-order valence-corrected chi connectivity index (χ2v) is 2.94. The molecule has 1 atom stereocenters. The first-order chi connectivity index (χ1) is 6.49. The topological polar surface area (TPSA) is 64.3 Å². The molecule has 14 heavy (non-hydrogen) atoms. The third-order valence-electron chi connectivity index (χ3n) is 1.77. The maximum Gasteiger partial charge on any atom is 0.332 e. The molecule has 0 aromatic rings. The molecule has 0 spiro atoms. The normalized spacial score (nSPS) is 15.3. The first kappa shape index (κ1) is 13.2. The molecule has 3 N–H and O–H groups in total. The molecule has 0 aromatic carbocycles. The van der Waals surface area contributed by atoms with Crippen LogP contribution in [0.1, 0.15) is 13.8 Å². The van der Waals surface area contributed by atoms with Gasteiger partial charge in [-0.3, -0.25) is 5.32 Å². The fourth-order valence-corrected chi connectivity index (χ4v) is 0.851. The quantitative estimate of drug-likeness (QED) is 0.611. The first-order valence-electron chi connectivity index (χ1n) is 4.39. The molecular weight excluding hydrogens is 194 g/mol. The van der Waals surface area contributed by atoms with E-state index in [2.05, 4.69) is 10.1 Å². The molecule has 0 saturated carbocycles. The van der Waals surface area contributed by atoms with Crippen molar-refractivity contribution in [2.24, 2.45) is 5.73 Å². The molecule has 0 fully saturated rings. The van der Waals surface area contributed by atoms with Gasteiger partial charge in [-0.25, -0.2) is 13.6 Å². The molecular formula is C8H16F2N2O2. The van der Waals surface area contributed by atoms with E-state index >= 15 is 0 Å². The van der Waals surface area contributed by atoms with Crippen molar-refractivity contribution in [3.05, 3.63) is 0 Å². The van der Waals surface area contributed by atoms with Gasteiger partial charge in [0.1, 0.15) is 0 Å². The molecule has 0 aliphatic heterocycles. The minimum atomic E-state index is -2.83. The van der Waals surface area contributed by atoms with E-state index in [-0.39, 0.29) is 19.7 Å². The second-order valence-electron chi connectivity index (χ2n) is 2.94. The molecule has 4 nitrogen and oxygen atoms in total. The predicted octanol–water partition coefficient (Wildman–Crippen LogP) is 0.122. The molecule has 0 radical (unpaired) electrons. The van der Waals surface area contributed by atoms with Gasteiger partial charge in [0.2, 0.25) is 0 Å². The van der Waals surface area contributed by atoms with Crippen LogP contribution in [-0.4, -0.2) is 37.6 Å². The third-order valence-corrected chi connectivity index (χ3v) is 1.77. The average molecular weight is 210 g/mol. The number of carbonyl (C=O) groups is 1. The fraction of sp³-hybridized carbons (Fsp3) is 0.875. The predicted molar refractivity (Wildman–Crippen MR) is 48.1 cm³/mol. The molecule has 0 aliphatic carbocycles. The Morgan fingerprint density at radius 1 is 1.64 bits per heavy atom. The number of nitrogens with two attached hydrogens (primary N) is 1. The lowest BCUT2D eigenvalue weighted by atomic mass is 10.0. The summed E-state index contributed by atoms with van der Waals surface area (Å²) in [5, 5.41) is 2.38. The van der Waals surface area contributed by atoms with Gasteiger partial charge in [0.05, 0.1) is 6.61 Å². The summed E-state index contributed by atoms with van der Waals surface area (Å²) < 4.78 is 29.7. The van der Waals surface area contributed by atoms with Crippen molar-refractivity contribution < 1.29 is 18.3 Å². The SMILES string of the molecule is CCOC(=O)C(C)(NCCN)C(F)F. The van der Waals surface area contributed by atoms with Gasteiger partial charge in [0.25, 0.3) is 6.43 Å². The highest BCUT2D eigenvalue weighted by molar-refractivity contribution is 5.80. The van der Waals surface area contributed by atoms with Crippen molar-refractivity contribution in [2.75, 3.05) is 19.7 Å². The summed E-state index contributed by atoms with van der Waals surface area (Å²) in [4.78, 5) is 11.2. The summed E-state index contributed by atoms with van der Waals surface area (Å²) in [5.74, 6) is -0.955. The highest BCUT2D eigenvalue weighted by Gasteiger charge is 2.43. The van der Waals surface area contributed by atoms with E-state index in [1.54, 1.807) is 6.92 Å². The van der Waals surface area contributed by atoms with E-state index in [0.717, 1.165) is 6.92 Å². The molecule has 0 amide bonds. The minimum absolute atomic E-state index is 0.0748. The van der Waals surface area contributed by atoms with Gasteiger partial charge in [-0.2, -0.15) is 0 Å². The molecule has 0 aliphatic rings. The zero-order valence-electron chi connectivity index (χ0n) is 8.35. The number of ether oxygens (including phenoxy) is 1. The summed E-state index contributed by atoms with van der Waals surface area (Å²) in [5.41, 5.74) is 3.19. The molecule has 84 valence electrons. The first-order valence-corrected chi connectivity index (χ1v) is 4.39. The average Bonchev–Trinajstić information content (AvgIpc) is 2.14. The van der Waals surface area contributed by atoms with Crippen molar-refractivity contribution in [1.82, 2.24) is 5.32 Å². The van der Waals surface area contributed by atoms with Crippen molar-refractivity contribution in [1.29, 1.82) is 0 Å². The van der Waals surface area contributed by atoms with Gasteiger partial charge >= 0.3 is 5.97 Å².